The maximum Gasteiger partial charge on any atom is 0.306 e. The van der Waals surface area contributed by atoms with Gasteiger partial charge in [-0.3, -0.25) is 14.4 Å². The highest BCUT2D eigenvalue weighted by atomic mass is 16.4. The molecule has 0 heterocycles. The normalized spacial score (nSPS) is 24.8. The standard InChI is InChI=1S/C16H29N5O4/c1-4-5-8(2)19-14(23)13(20-9(3)22)11-6-10(15(24)25)7-12(11)21-16(17)18/h8,10-13H,4-7H2,1-3H3,(H,19,23)(H,20,22)(H,24,25)(H4,17,18,21)/t8?,10?,11-,12-,13?/m0/s1. The van der Waals surface area contributed by atoms with Crippen molar-refractivity contribution in [3.63, 3.8) is 0 Å². The van der Waals surface area contributed by atoms with Gasteiger partial charge in [-0.05, 0) is 26.2 Å². The molecule has 142 valence electrons. The number of carbonyl (C=O) groups is 3. The van der Waals surface area contributed by atoms with Gasteiger partial charge in [0.1, 0.15) is 6.04 Å². The Labute approximate surface area is 147 Å². The zero-order valence-corrected chi connectivity index (χ0v) is 15.0. The summed E-state index contributed by atoms with van der Waals surface area (Å²) in [5.74, 6) is -2.98. The first kappa shape index (κ1) is 20.7. The van der Waals surface area contributed by atoms with E-state index in [-0.39, 0.29) is 36.7 Å². The van der Waals surface area contributed by atoms with Crippen molar-refractivity contribution in [2.24, 2.45) is 28.3 Å². The SMILES string of the molecule is CCCC(C)NC(=O)C(NC(C)=O)[C@H]1CC(C(=O)O)C[C@@H]1N=C(N)N. The van der Waals surface area contributed by atoms with Gasteiger partial charge in [-0.2, -0.15) is 0 Å². The van der Waals surface area contributed by atoms with E-state index >= 15 is 0 Å². The average molecular weight is 355 g/mol. The number of carboxylic acid groups (broad SMARTS) is 1. The molecule has 0 spiro atoms. The van der Waals surface area contributed by atoms with E-state index in [2.05, 4.69) is 15.6 Å². The minimum atomic E-state index is -0.959. The van der Waals surface area contributed by atoms with Crippen LogP contribution < -0.4 is 22.1 Å². The van der Waals surface area contributed by atoms with E-state index in [4.69, 9.17) is 11.5 Å². The lowest BCUT2D eigenvalue weighted by atomic mass is 9.92. The van der Waals surface area contributed by atoms with Gasteiger partial charge >= 0.3 is 5.97 Å². The number of aliphatic carboxylic acids is 1. The molecule has 0 aliphatic heterocycles. The molecule has 0 saturated heterocycles. The highest BCUT2D eigenvalue weighted by molar-refractivity contribution is 5.87. The predicted octanol–water partition coefficient (Wildman–Crippen LogP) is -0.451. The first-order valence-corrected chi connectivity index (χ1v) is 8.54. The molecule has 2 amide bonds. The molecule has 9 nitrogen and oxygen atoms in total. The van der Waals surface area contributed by atoms with Gasteiger partial charge in [-0.25, -0.2) is 4.99 Å². The molecule has 0 aromatic carbocycles. The number of rotatable bonds is 8. The molecule has 3 unspecified atom stereocenters. The molecule has 1 aliphatic carbocycles. The summed E-state index contributed by atoms with van der Waals surface area (Å²) < 4.78 is 0. The Kier molecular flexibility index (Phi) is 7.66. The second-order valence-electron chi connectivity index (χ2n) is 6.67. The number of aliphatic imine (C=N–C) groups is 1. The van der Waals surface area contributed by atoms with Gasteiger partial charge in [-0.1, -0.05) is 13.3 Å². The Balaban J connectivity index is 3.04. The first-order valence-electron chi connectivity index (χ1n) is 8.54. The Bertz CT molecular complexity index is 533. The summed E-state index contributed by atoms with van der Waals surface area (Å²) in [5, 5.41) is 14.8. The number of hydrogen-bond donors (Lipinski definition) is 5. The number of nitrogens with one attached hydrogen (secondary N) is 2. The van der Waals surface area contributed by atoms with E-state index in [0.29, 0.717) is 0 Å². The predicted molar refractivity (Wildman–Crippen MR) is 93.6 cm³/mol. The molecule has 1 saturated carbocycles. The molecule has 5 atom stereocenters. The van der Waals surface area contributed by atoms with Gasteiger partial charge in [0.25, 0.3) is 0 Å². The molecular weight excluding hydrogens is 326 g/mol. The van der Waals surface area contributed by atoms with Crippen LogP contribution in [0.4, 0.5) is 0 Å². The molecule has 1 rings (SSSR count). The number of nitrogens with zero attached hydrogens (tertiary/aromatic N) is 1. The third-order valence-corrected chi connectivity index (χ3v) is 4.42. The van der Waals surface area contributed by atoms with E-state index in [0.717, 1.165) is 12.8 Å². The third-order valence-electron chi connectivity index (χ3n) is 4.42. The lowest BCUT2D eigenvalue weighted by Crippen LogP contribution is -2.53. The fourth-order valence-electron chi connectivity index (χ4n) is 3.37. The lowest BCUT2D eigenvalue weighted by Gasteiger charge is -2.28. The molecule has 0 radical (unpaired) electrons. The van der Waals surface area contributed by atoms with Crippen molar-refractivity contribution in [3.05, 3.63) is 0 Å². The second kappa shape index (κ2) is 9.24. The topological polar surface area (TPSA) is 160 Å². The van der Waals surface area contributed by atoms with Crippen molar-refractivity contribution in [3.8, 4) is 0 Å². The molecule has 25 heavy (non-hydrogen) atoms. The van der Waals surface area contributed by atoms with Crippen LogP contribution >= 0.6 is 0 Å². The summed E-state index contributed by atoms with van der Waals surface area (Å²) in [6.07, 6.45) is 2.16. The first-order chi connectivity index (χ1) is 11.6. The molecule has 7 N–H and O–H groups in total. The summed E-state index contributed by atoms with van der Waals surface area (Å²) >= 11 is 0. The summed E-state index contributed by atoms with van der Waals surface area (Å²) in [5.41, 5.74) is 10.9. The fraction of sp³-hybridized carbons (Fsp3) is 0.750. The summed E-state index contributed by atoms with van der Waals surface area (Å²) in [6.45, 7) is 5.21. The van der Waals surface area contributed by atoms with E-state index in [1.165, 1.54) is 6.92 Å². The Morgan fingerprint density at radius 1 is 1.24 bits per heavy atom. The summed E-state index contributed by atoms with van der Waals surface area (Å²) in [4.78, 5) is 39.7. The maximum atomic E-state index is 12.7. The van der Waals surface area contributed by atoms with Crippen LogP contribution in [-0.4, -0.2) is 47.0 Å². The zero-order valence-electron chi connectivity index (χ0n) is 15.0. The molecule has 1 fully saturated rings. The second-order valence-corrected chi connectivity index (χ2v) is 6.67. The summed E-state index contributed by atoms with van der Waals surface area (Å²) in [6, 6.07) is -1.46. The van der Waals surface area contributed by atoms with E-state index < -0.39 is 29.9 Å². The number of guanidine groups is 1. The van der Waals surface area contributed by atoms with Crippen LogP contribution in [0.15, 0.2) is 4.99 Å². The molecule has 0 aromatic rings. The molecule has 0 aromatic heterocycles. The highest BCUT2D eigenvalue weighted by Crippen LogP contribution is 2.36. The van der Waals surface area contributed by atoms with Gasteiger partial charge in [0.2, 0.25) is 11.8 Å². The van der Waals surface area contributed by atoms with Crippen LogP contribution in [0.25, 0.3) is 0 Å². The van der Waals surface area contributed by atoms with Crippen LogP contribution in [0.5, 0.6) is 0 Å². The number of amides is 2. The van der Waals surface area contributed by atoms with Crippen LogP contribution in [-0.2, 0) is 14.4 Å². The Morgan fingerprint density at radius 3 is 2.36 bits per heavy atom. The van der Waals surface area contributed by atoms with Crippen molar-refractivity contribution in [1.29, 1.82) is 0 Å². The number of hydrogen-bond acceptors (Lipinski definition) is 4. The van der Waals surface area contributed by atoms with Crippen LogP contribution in [0.3, 0.4) is 0 Å². The van der Waals surface area contributed by atoms with Gasteiger partial charge in [0.15, 0.2) is 5.96 Å². The minimum Gasteiger partial charge on any atom is -0.481 e. The van der Waals surface area contributed by atoms with Gasteiger partial charge in [0.05, 0.1) is 12.0 Å². The fourth-order valence-corrected chi connectivity index (χ4v) is 3.37. The number of carbonyl (C=O) groups excluding carboxylic acids is 2. The molecular formula is C16H29N5O4. The smallest absolute Gasteiger partial charge is 0.306 e. The maximum absolute atomic E-state index is 12.7. The molecule has 1 aliphatic rings. The van der Waals surface area contributed by atoms with Crippen LogP contribution in [0.1, 0.15) is 46.5 Å². The Morgan fingerprint density at radius 2 is 1.88 bits per heavy atom. The summed E-state index contributed by atoms with van der Waals surface area (Å²) in [7, 11) is 0. The van der Waals surface area contributed by atoms with Crippen molar-refractivity contribution in [1.82, 2.24) is 10.6 Å². The molecule has 9 heteroatoms. The van der Waals surface area contributed by atoms with E-state index in [9.17, 15) is 19.5 Å². The quantitative estimate of drug-likeness (QED) is 0.293. The van der Waals surface area contributed by atoms with Crippen LogP contribution in [0, 0.1) is 11.8 Å². The third kappa shape index (κ3) is 6.24. The largest absolute Gasteiger partial charge is 0.481 e. The lowest BCUT2D eigenvalue weighted by molar-refractivity contribution is -0.141. The highest BCUT2D eigenvalue weighted by Gasteiger charge is 2.45. The number of carboxylic acids is 1. The van der Waals surface area contributed by atoms with Crippen LogP contribution in [0.2, 0.25) is 0 Å². The van der Waals surface area contributed by atoms with Gasteiger partial charge < -0.3 is 27.2 Å². The Hall–Kier alpha value is -2.32. The number of nitrogens with two attached hydrogens (primary N) is 2. The van der Waals surface area contributed by atoms with Crippen molar-refractivity contribution >= 4 is 23.7 Å². The van der Waals surface area contributed by atoms with Crippen molar-refractivity contribution in [2.75, 3.05) is 0 Å². The van der Waals surface area contributed by atoms with E-state index in [1.54, 1.807) is 0 Å². The average Bonchev–Trinajstić information content (AvgIpc) is 2.87. The van der Waals surface area contributed by atoms with E-state index in [1.807, 2.05) is 13.8 Å². The minimum absolute atomic E-state index is 0.0491. The van der Waals surface area contributed by atoms with Gasteiger partial charge in [-0.15, -0.1) is 0 Å². The monoisotopic (exact) mass is 355 g/mol. The van der Waals surface area contributed by atoms with Crippen molar-refractivity contribution < 1.29 is 19.5 Å². The van der Waals surface area contributed by atoms with Crippen molar-refractivity contribution in [2.45, 2.75) is 64.6 Å². The van der Waals surface area contributed by atoms with Gasteiger partial charge in [0, 0.05) is 18.9 Å². The zero-order chi connectivity index (χ0) is 19.1. The molecule has 0 bridgehead atoms.